The smallest absolute Gasteiger partial charge is 0.231 e. The Hall–Kier alpha value is -3.28. The summed E-state index contributed by atoms with van der Waals surface area (Å²) < 4.78 is 11.0. The van der Waals surface area contributed by atoms with Crippen LogP contribution in [0.3, 0.4) is 0 Å². The van der Waals surface area contributed by atoms with Gasteiger partial charge in [0.25, 0.3) is 0 Å². The molecule has 2 N–H and O–H groups in total. The molecule has 5 rings (SSSR count). The van der Waals surface area contributed by atoms with Gasteiger partial charge in [-0.15, -0.1) is 12.4 Å². The van der Waals surface area contributed by atoms with Crippen LogP contribution in [0.25, 0.3) is 22.0 Å². The SMILES string of the molecule is Cl.c1ccc(-c2ccc3c(NCCCNCc4cccc5c4OCO5)ccnc3c2)cc1. The number of hydrogen-bond acceptors (Lipinski definition) is 5. The number of nitrogens with one attached hydrogen (secondary N) is 2. The van der Waals surface area contributed by atoms with E-state index in [9.17, 15) is 0 Å². The van der Waals surface area contributed by atoms with Gasteiger partial charge in [-0.3, -0.25) is 4.98 Å². The van der Waals surface area contributed by atoms with E-state index in [1.54, 1.807) is 0 Å². The highest BCUT2D eigenvalue weighted by Crippen LogP contribution is 2.35. The van der Waals surface area contributed by atoms with E-state index in [0.29, 0.717) is 6.79 Å². The fourth-order valence-corrected chi connectivity index (χ4v) is 3.90. The van der Waals surface area contributed by atoms with Crippen LogP contribution in [0, 0.1) is 0 Å². The summed E-state index contributed by atoms with van der Waals surface area (Å²) in [5, 5.41) is 8.20. The van der Waals surface area contributed by atoms with Gasteiger partial charge in [0.15, 0.2) is 11.5 Å². The minimum atomic E-state index is 0. The molecule has 0 fully saturated rings. The molecule has 0 unspecified atom stereocenters. The molecule has 0 spiro atoms. The first-order chi connectivity index (χ1) is 15.4. The molecule has 1 aliphatic heterocycles. The van der Waals surface area contributed by atoms with Crippen LogP contribution < -0.4 is 20.1 Å². The van der Waals surface area contributed by atoms with E-state index in [2.05, 4.69) is 64.1 Å². The molecular formula is C26H26ClN3O2. The predicted molar refractivity (Wildman–Crippen MR) is 132 cm³/mol. The first-order valence-electron chi connectivity index (χ1n) is 10.6. The maximum atomic E-state index is 5.56. The molecule has 1 aliphatic rings. The van der Waals surface area contributed by atoms with E-state index in [4.69, 9.17) is 9.47 Å². The highest BCUT2D eigenvalue weighted by Gasteiger charge is 2.16. The van der Waals surface area contributed by atoms with Gasteiger partial charge < -0.3 is 20.1 Å². The Morgan fingerprint density at radius 1 is 0.844 bits per heavy atom. The van der Waals surface area contributed by atoms with Crippen LogP contribution in [0.2, 0.25) is 0 Å². The van der Waals surface area contributed by atoms with Crippen molar-refractivity contribution in [1.82, 2.24) is 10.3 Å². The van der Waals surface area contributed by atoms with E-state index < -0.39 is 0 Å². The number of rotatable bonds is 8. The predicted octanol–water partition coefficient (Wildman–Crippen LogP) is 5.64. The second-order valence-corrected chi connectivity index (χ2v) is 7.56. The summed E-state index contributed by atoms with van der Waals surface area (Å²) in [5.74, 6) is 1.70. The topological polar surface area (TPSA) is 55.4 Å². The van der Waals surface area contributed by atoms with Crippen molar-refractivity contribution in [3.05, 3.63) is 84.6 Å². The van der Waals surface area contributed by atoms with Crippen molar-refractivity contribution < 1.29 is 9.47 Å². The fourth-order valence-electron chi connectivity index (χ4n) is 3.90. The van der Waals surface area contributed by atoms with Crippen LogP contribution in [-0.4, -0.2) is 24.9 Å². The molecule has 3 aromatic carbocycles. The average Bonchev–Trinajstić information content (AvgIpc) is 3.31. The first-order valence-corrected chi connectivity index (χ1v) is 10.6. The van der Waals surface area contributed by atoms with E-state index in [1.807, 2.05) is 30.5 Å². The summed E-state index contributed by atoms with van der Waals surface area (Å²) in [6, 6.07) is 24.9. The number of nitrogens with zero attached hydrogens (tertiary/aromatic N) is 1. The zero-order chi connectivity index (χ0) is 20.9. The maximum absolute atomic E-state index is 5.56. The minimum absolute atomic E-state index is 0. The Kier molecular flexibility index (Phi) is 7.10. The van der Waals surface area contributed by atoms with Gasteiger partial charge >= 0.3 is 0 Å². The molecule has 0 saturated heterocycles. The van der Waals surface area contributed by atoms with E-state index >= 15 is 0 Å². The number of aromatic nitrogens is 1. The van der Waals surface area contributed by atoms with Crippen LogP contribution >= 0.6 is 12.4 Å². The summed E-state index contributed by atoms with van der Waals surface area (Å²) >= 11 is 0. The van der Waals surface area contributed by atoms with Crippen LogP contribution in [-0.2, 0) is 6.54 Å². The van der Waals surface area contributed by atoms with E-state index in [-0.39, 0.29) is 12.4 Å². The minimum Gasteiger partial charge on any atom is -0.454 e. The molecule has 1 aromatic heterocycles. The number of para-hydroxylation sites is 1. The second kappa shape index (κ2) is 10.4. The Balaban J connectivity index is 0.00000245. The molecule has 164 valence electrons. The first kappa shape index (κ1) is 21.9. The molecule has 6 heteroatoms. The lowest BCUT2D eigenvalue weighted by atomic mass is 10.0. The van der Waals surface area contributed by atoms with E-state index in [1.165, 1.54) is 11.1 Å². The number of halogens is 1. The normalized spacial score (nSPS) is 11.9. The lowest BCUT2D eigenvalue weighted by molar-refractivity contribution is 0.173. The molecule has 2 heterocycles. The van der Waals surface area contributed by atoms with Gasteiger partial charge in [-0.25, -0.2) is 0 Å². The largest absolute Gasteiger partial charge is 0.454 e. The maximum Gasteiger partial charge on any atom is 0.231 e. The molecule has 0 atom stereocenters. The van der Waals surface area contributed by atoms with Crippen LogP contribution in [0.15, 0.2) is 79.0 Å². The summed E-state index contributed by atoms with van der Waals surface area (Å²) in [6.45, 7) is 2.88. The van der Waals surface area contributed by atoms with Gasteiger partial charge in [0.1, 0.15) is 0 Å². The molecule has 0 radical (unpaired) electrons. The zero-order valence-corrected chi connectivity index (χ0v) is 18.5. The second-order valence-electron chi connectivity index (χ2n) is 7.56. The van der Waals surface area contributed by atoms with Crippen LogP contribution in [0.4, 0.5) is 5.69 Å². The molecule has 32 heavy (non-hydrogen) atoms. The number of ether oxygens (including phenoxy) is 2. The van der Waals surface area contributed by atoms with Gasteiger partial charge in [-0.1, -0.05) is 54.6 Å². The summed E-state index contributed by atoms with van der Waals surface area (Å²) in [4.78, 5) is 4.57. The van der Waals surface area contributed by atoms with Crippen molar-refractivity contribution in [3.8, 4) is 22.6 Å². The van der Waals surface area contributed by atoms with Gasteiger partial charge in [0.05, 0.1) is 5.52 Å². The number of hydrogen-bond donors (Lipinski definition) is 2. The average molecular weight is 448 g/mol. The van der Waals surface area contributed by atoms with Crippen molar-refractivity contribution in [2.24, 2.45) is 0 Å². The third-order valence-electron chi connectivity index (χ3n) is 5.49. The van der Waals surface area contributed by atoms with E-state index in [0.717, 1.165) is 59.7 Å². The standard InChI is InChI=1S/C26H25N3O2.ClH/c1-2-6-19(7-3-1)20-10-11-22-23(12-15-29-24(22)16-20)28-14-5-13-27-17-21-8-4-9-25-26(21)31-18-30-25;/h1-4,6-12,15-16,27H,5,13-14,17-18H2,(H,28,29);1H. The molecule has 0 amide bonds. The third-order valence-corrected chi connectivity index (χ3v) is 5.49. The van der Waals surface area contributed by atoms with Gasteiger partial charge in [0, 0.05) is 35.9 Å². The molecule has 4 aromatic rings. The Morgan fingerprint density at radius 2 is 1.75 bits per heavy atom. The monoisotopic (exact) mass is 447 g/mol. The van der Waals surface area contributed by atoms with Gasteiger partial charge in [-0.2, -0.15) is 0 Å². The molecule has 0 bridgehead atoms. The summed E-state index contributed by atoms with van der Waals surface area (Å²) in [5.41, 5.74) is 5.65. The molecular weight excluding hydrogens is 422 g/mol. The molecule has 0 saturated carbocycles. The summed E-state index contributed by atoms with van der Waals surface area (Å²) in [7, 11) is 0. The zero-order valence-electron chi connectivity index (χ0n) is 17.7. The van der Waals surface area contributed by atoms with Crippen molar-refractivity contribution in [2.45, 2.75) is 13.0 Å². The lowest BCUT2D eigenvalue weighted by Gasteiger charge is -2.11. The molecule has 0 aliphatic carbocycles. The lowest BCUT2D eigenvalue weighted by Crippen LogP contribution is -2.18. The molecule has 5 nitrogen and oxygen atoms in total. The van der Waals surface area contributed by atoms with Crippen LogP contribution in [0.5, 0.6) is 11.5 Å². The highest BCUT2D eigenvalue weighted by atomic mass is 35.5. The number of fused-ring (bicyclic) bond motifs is 2. The number of benzene rings is 3. The third kappa shape index (κ3) is 4.79. The Bertz CT molecular complexity index is 1180. The van der Waals surface area contributed by atoms with Crippen molar-refractivity contribution in [3.63, 3.8) is 0 Å². The number of pyridine rings is 1. The summed E-state index contributed by atoms with van der Waals surface area (Å²) in [6.07, 6.45) is 2.88. The Labute approximate surface area is 194 Å². The van der Waals surface area contributed by atoms with Gasteiger partial charge in [-0.05, 0) is 42.3 Å². The number of anilines is 1. The van der Waals surface area contributed by atoms with Crippen molar-refractivity contribution in [2.75, 3.05) is 25.2 Å². The fraction of sp³-hybridized carbons (Fsp3) is 0.192. The Morgan fingerprint density at radius 3 is 2.66 bits per heavy atom. The van der Waals surface area contributed by atoms with Crippen LogP contribution in [0.1, 0.15) is 12.0 Å². The van der Waals surface area contributed by atoms with Gasteiger partial charge in [0.2, 0.25) is 6.79 Å². The van der Waals surface area contributed by atoms with Crippen molar-refractivity contribution >= 4 is 29.0 Å². The highest BCUT2D eigenvalue weighted by molar-refractivity contribution is 5.93. The quantitative estimate of drug-likeness (QED) is 0.342. The van der Waals surface area contributed by atoms with Crippen molar-refractivity contribution in [1.29, 1.82) is 0 Å².